The summed E-state index contributed by atoms with van der Waals surface area (Å²) < 4.78 is 4.83. The molecule has 0 saturated carbocycles. The number of hydrogen-bond acceptors (Lipinski definition) is 4. The molecule has 5 heteroatoms. The van der Waals surface area contributed by atoms with Crippen LogP contribution in [0.1, 0.15) is 17.3 Å². The SMILES string of the molecule is CCOC(=O)c1ccc(Cl)cc1NN. The fourth-order valence-electron chi connectivity index (χ4n) is 1.02. The maximum absolute atomic E-state index is 11.4. The third kappa shape index (κ3) is 2.37. The number of halogens is 1. The van der Waals surface area contributed by atoms with Gasteiger partial charge in [-0.15, -0.1) is 0 Å². The fraction of sp³-hybridized carbons (Fsp3) is 0.222. The summed E-state index contributed by atoms with van der Waals surface area (Å²) >= 11 is 5.73. The average molecular weight is 215 g/mol. The Balaban J connectivity index is 3.01. The number of benzene rings is 1. The number of ether oxygens (including phenoxy) is 1. The zero-order valence-electron chi connectivity index (χ0n) is 7.71. The molecule has 0 saturated heterocycles. The molecule has 76 valence electrons. The number of hydrogen-bond donors (Lipinski definition) is 2. The van der Waals surface area contributed by atoms with Gasteiger partial charge in [0.05, 0.1) is 17.9 Å². The van der Waals surface area contributed by atoms with Gasteiger partial charge in [-0.2, -0.15) is 0 Å². The van der Waals surface area contributed by atoms with E-state index in [1.165, 1.54) is 0 Å². The normalized spacial score (nSPS) is 9.64. The van der Waals surface area contributed by atoms with E-state index in [9.17, 15) is 4.79 Å². The number of nitrogen functional groups attached to an aromatic ring is 1. The first-order valence-corrected chi connectivity index (χ1v) is 4.50. The van der Waals surface area contributed by atoms with Crippen molar-refractivity contribution in [3.8, 4) is 0 Å². The lowest BCUT2D eigenvalue weighted by molar-refractivity contribution is 0.0527. The van der Waals surface area contributed by atoms with Crippen LogP contribution < -0.4 is 11.3 Å². The van der Waals surface area contributed by atoms with E-state index in [4.69, 9.17) is 22.2 Å². The highest BCUT2D eigenvalue weighted by atomic mass is 35.5. The Labute approximate surface area is 87.0 Å². The van der Waals surface area contributed by atoms with Crippen molar-refractivity contribution >= 4 is 23.3 Å². The van der Waals surface area contributed by atoms with E-state index in [0.29, 0.717) is 22.9 Å². The first-order valence-electron chi connectivity index (χ1n) is 4.12. The monoisotopic (exact) mass is 214 g/mol. The predicted octanol–water partition coefficient (Wildman–Crippen LogP) is 1.80. The molecule has 3 N–H and O–H groups in total. The number of hydrazine groups is 1. The lowest BCUT2D eigenvalue weighted by Gasteiger charge is -2.07. The zero-order valence-corrected chi connectivity index (χ0v) is 8.47. The van der Waals surface area contributed by atoms with Crippen LogP contribution in [0, 0.1) is 0 Å². The molecule has 0 amide bonds. The van der Waals surface area contributed by atoms with Crippen LogP contribution in [-0.2, 0) is 4.74 Å². The second kappa shape index (κ2) is 4.83. The summed E-state index contributed by atoms with van der Waals surface area (Å²) in [5.74, 6) is 4.82. The maximum atomic E-state index is 11.4. The van der Waals surface area contributed by atoms with Crippen molar-refractivity contribution in [1.82, 2.24) is 0 Å². The molecule has 14 heavy (non-hydrogen) atoms. The molecule has 0 spiro atoms. The Morgan fingerprint density at radius 3 is 2.93 bits per heavy atom. The molecule has 0 bridgehead atoms. The van der Waals surface area contributed by atoms with Gasteiger partial charge in [0.1, 0.15) is 0 Å². The predicted molar refractivity (Wildman–Crippen MR) is 55.2 cm³/mol. The molecule has 1 aromatic rings. The number of nitrogens with one attached hydrogen (secondary N) is 1. The van der Waals surface area contributed by atoms with Crippen molar-refractivity contribution < 1.29 is 9.53 Å². The molecule has 0 heterocycles. The van der Waals surface area contributed by atoms with E-state index < -0.39 is 5.97 Å². The third-order valence-corrected chi connectivity index (χ3v) is 1.87. The lowest BCUT2D eigenvalue weighted by atomic mass is 10.2. The first-order chi connectivity index (χ1) is 6.69. The minimum absolute atomic E-state index is 0.325. The molecule has 0 aliphatic rings. The summed E-state index contributed by atoms with van der Waals surface area (Å²) in [5.41, 5.74) is 3.22. The Kier molecular flexibility index (Phi) is 3.73. The van der Waals surface area contributed by atoms with Gasteiger partial charge < -0.3 is 10.2 Å². The van der Waals surface area contributed by atoms with E-state index in [2.05, 4.69) is 5.43 Å². The number of esters is 1. The largest absolute Gasteiger partial charge is 0.462 e. The van der Waals surface area contributed by atoms with Crippen molar-refractivity contribution in [2.24, 2.45) is 5.84 Å². The topological polar surface area (TPSA) is 64.3 Å². The van der Waals surface area contributed by atoms with E-state index in [1.807, 2.05) is 0 Å². The van der Waals surface area contributed by atoms with E-state index >= 15 is 0 Å². The van der Waals surface area contributed by atoms with E-state index in [-0.39, 0.29) is 0 Å². The summed E-state index contributed by atoms with van der Waals surface area (Å²) in [6.07, 6.45) is 0. The van der Waals surface area contributed by atoms with Gasteiger partial charge in [0.25, 0.3) is 0 Å². The van der Waals surface area contributed by atoms with Gasteiger partial charge in [0.15, 0.2) is 0 Å². The van der Waals surface area contributed by atoms with Crippen molar-refractivity contribution in [3.05, 3.63) is 28.8 Å². The van der Waals surface area contributed by atoms with Gasteiger partial charge in [0, 0.05) is 5.02 Å². The van der Waals surface area contributed by atoms with Crippen LogP contribution in [-0.4, -0.2) is 12.6 Å². The van der Waals surface area contributed by atoms with Crippen LogP contribution in [0.25, 0.3) is 0 Å². The first kappa shape index (κ1) is 10.8. The summed E-state index contributed by atoms with van der Waals surface area (Å²) in [5, 5.41) is 0.506. The van der Waals surface area contributed by atoms with Crippen LogP contribution in [0.5, 0.6) is 0 Å². The van der Waals surface area contributed by atoms with Crippen LogP contribution in [0.2, 0.25) is 5.02 Å². The molecular weight excluding hydrogens is 204 g/mol. The summed E-state index contributed by atoms with van der Waals surface area (Å²) in [7, 11) is 0. The quantitative estimate of drug-likeness (QED) is 0.458. The molecule has 1 rings (SSSR count). The Morgan fingerprint density at radius 2 is 2.36 bits per heavy atom. The smallest absolute Gasteiger partial charge is 0.340 e. The lowest BCUT2D eigenvalue weighted by Crippen LogP contribution is -2.13. The van der Waals surface area contributed by atoms with Crippen LogP contribution in [0.3, 0.4) is 0 Å². The van der Waals surface area contributed by atoms with Gasteiger partial charge in [-0.05, 0) is 25.1 Å². The molecule has 0 aliphatic heterocycles. The highest BCUT2D eigenvalue weighted by Gasteiger charge is 2.11. The van der Waals surface area contributed by atoms with Gasteiger partial charge in [-0.3, -0.25) is 5.84 Å². The van der Waals surface area contributed by atoms with E-state index in [0.717, 1.165) is 0 Å². The van der Waals surface area contributed by atoms with Crippen molar-refractivity contribution in [1.29, 1.82) is 0 Å². The second-order valence-corrected chi connectivity index (χ2v) is 2.99. The fourth-order valence-corrected chi connectivity index (χ4v) is 1.19. The number of carbonyl (C=O) groups excluding carboxylic acids is 1. The number of rotatable bonds is 3. The third-order valence-electron chi connectivity index (χ3n) is 1.63. The highest BCUT2D eigenvalue weighted by Crippen LogP contribution is 2.20. The molecule has 0 radical (unpaired) electrons. The van der Waals surface area contributed by atoms with Gasteiger partial charge >= 0.3 is 5.97 Å². The zero-order chi connectivity index (χ0) is 10.6. The molecule has 4 nitrogen and oxygen atoms in total. The maximum Gasteiger partial charge on any atom is 0.340 e. The number of anilines is 1. The van der Waals surface area contributed by atoms with Gasteiger partial charge in [-0.1, -0.05) is 11.6 Å². The Morgan fingerprint density at radius 1 is 1.64 bits per heavy atom. The van der Waals surface area contributed by atoms with Crippen LogP contribution >= 0.6 is 11.6 Å². The molecule has 1 aromatic carbocycles. The summed E-state index contributed by atoms with van der Waals surface area (Å²) in [4.78, 5) is 11.4. The Hall–Kier alpha value is -1.26. The van der Waals surface area contributed by atoms with E-state index in [1.54, 1.807) is 25.1 Å². The summed E-state index contributed by atoms with van der Waals surface area (Å²) in [6.45, 7) is 2.06. The van der Waals surface area contributed by atoms with Gasteiger partial charge in [0.2, 0.25) is 0 Å². The minimum atomic E-state index is -0.419. The van der Waals surface area contributed by atoms with Crippen LogP contribution in [0.4, 0.5) is 5.69 Å². The highest BCUT2D eigenvalue weighted by molar-refractivity contribution is 6.31. The van der Waals surface area contributed by atoms with Gasteiger partial charge in [-0.25, -0.2) is 4.79 Å². The second-order valence-electron chi connectivity index (χ2n) is 2.55. The molecule has 0 unspecified atom stereocenters. The number of nitrogens with two attached hydrogens (primary N) is 1. The standard InChI is InChI=1S/C9H11ClN2O2/c1-2-14-9(13)7-4-3-6(10)5-8(7)12-11/h3-5,12H,2,11H2,1H3. The van der Waals surface area contributed by atoms with Crippen molar-refractivity contribution in [3.63, 3.8) is 0 Å². The molecular formula is C9H11ClN2O2. The van der Waals surface area contributed by atoms with Crippen molar-refractivity contribution in [2.75, 3.05) is 12.0 Å². The molecule has 0 atom stereocenters. The Bertz CT molecular complexity index is 342. The average Bonchev–Trinajstić information content (AvgIpc) is 2.17. The number of carbonyl (C=O) groups is 1. The summed E-state index contributed by atoms with van der Waals surface area (Å²) in [6, 6.07) is 4.73. The minimum Gasteiger partial charge on any atom is -0.462 e. The molecule has 0 aliphatic carbocycles. The molecule has 0 aromatic heterocycles. The molecule has 0 fully saturated rings. The van der Waals surface area contributed by atoms with Crippen molar-refractivity contribution in [2.45, 2.75) is 6.92 Å². The van der Waals surface area contributed by atoms with Crippen LogP contribution in [0.15, 0.2) is 18.2 Å².